The summed E-state index contributed by atoms with van der Waals surface area (Å²) in [6, 6.07) is 6.37. The standard InChI is InChI=1S/C15H10F2N2O3S2/c16-10-1-2-11(17)12(5-10)24-8-14(21)22-7-13(20)19-15-9(6-18)3-4-23-15/h1-5H,7-8H2,(H,19,20). The molecular weight excluding hydrogens is 358 g/mol. The predicted octanol–water partition coefficient (Wildman–Crippen LogP) is 3.17. The van der Waals surface area contributed by atoms with E-state index in [0.29, 0.717) is 10.6 Å². The topological polar surface area (TPSA) is 79.2 Å². The van der Waals surface area contributed by atoms with Gasteiger partial charge in [0.15, 0.2) is 6.61 Å². The van der Waals surface area contributed by atoms with Gasteiger partial charge in [0.05, 0.1) is 11.3 Å². The van der Waals surface area contributed by atoms with E-state index in [0.717, 1.165) is 30.0 Å². The van der Waals surface area contributed by atoms with Crippen LogP contribution in [-0.2, 0) is 14.3 Å². The highest BCUT2D eigenvalue weighted by Gasteiger charge is 2.12. The van der Waals surface area contributed by atoms with Gasteiger partial charge in [-0.15, -0.1) is 23.1 Å². The molecule has 9 heteroatoms. The number of benzene rings is 1. The van der Waals surface area contributed by atoms with E-state index in [9.17, 15) is 18.4 Å². The van der Waals surface area contributed by atoms with E-state index in [2.05, 4.69) is 5.32 Å². The summed E-state index contributed by atoms with van der Waals surface area (Å²) in [5.74, 6) is -2.87. The molecule has 0 bridgehead atoms. The van der Waals surface area contributed by atoms with Gasteiger partial charge in [-0.05, 0) is 29.6 Å². The Bertz CT molecular complexity index is 802. The Labute approximate surface area is 144 Å². The Hall–Kier alpha value is -2.44. The first-order valence-corrected chi connectivity index (χ1v) is 8.37. The molecule has 2 rings (SSSR count). The SMILES string of the molecule is N#Cc1ccsc1NC(=O)COC(=O)CSc1cc(F)ccc1F. The number of anilines is 1. The molecule has 1 amide bonds. The van der Waals surface area contributed by atoms with Crippen molar-refractivity contribution in [3.05, 3.63) is 46.8 Å². The molecule has 0 saturated heterocycles. The molecule has 5 nitrogen and oxygen atoms in total. The molecule has 124 valence electrons. The maximum absolute atomic E-state index is 13.4. The maximum atomic E-state index is 13.4. The first-order valence-electron chi connectivity index (χ1n) is 6.50. The molecule has 1 N–H and O–H groups in total. The highest BCUT2D eigenvalue weighted by molar-refractivity contribution is 8.00. The zero-order valence-electron chi connectivity index (χ0n) is 12.0. The van der Waals surface area contributed by atoms with E-state index in [4.69, 9.17) is 10.00 Å². The van der Waals surface area contributed by atoms with Gasteiger partial charge >= 0.3 is 5.97 Å². The Kier molecular flexibility index (Phi) is 6.28. The maximum Gasteiger partial charge on any atom is 0.316 e. The van der Waals surface area contributed by atoms with E-state index in [-0.39, 0.29) is 10.6 Å². The number of thiophene rings is 1. The van der Waals surface area contributed by atoms with Crippen molar-refractivity contribution in [2.45, 2.75) is 4.90 Å². The van der Waals surface area contributed by atoms with Gasteiger partial charge in [0.1, 0.15) is 22.7 Å². The number of hydrogen-bond donors (Lipinski definition) is 1. The van der Waals surface area contributed by atoms with E-state index in [1.807, 2.05) is 6.07 Å². The van der Waals surface area contributed by atoms with Gasteiger partial charge in [0.25, 0.3) is 5.91 Å². The monoisotopic (exact) mass is 368 g/mol. The number of amides is 1. The number of carbonyl (C=O) groups excluding carboxylic acids is 2. The van der Waals surface area contributed by atoms with Crippen LogP contribution in [0.4, 0.5) is 13.8 Å². The lowest BCUT2D eigenvalue weighted by Crippen LogP contribution is -2.21. The van der Waals surface area contributed by atoms with Crippen LogP contribution in [0.2, 0.25) is 0 Å². The molecule has 1 aromatic heterocycles. The van der Waals surface area contributed by atoms with Crippen LogP contribution in [0.25, 0.3) is 0 Å². The summed E-state index contributed by atoms with van der Waals surface area (Å²) in [5.41, 5.74) is 0.316. The van der Waals surface area contributed by atoms with Crippen LogP contribution in [-0.4, -0.2) is 24.2 Å². The molecule has 0 fully saturated rings. The number of nitrogens with zero attached hydrogens (tertiary/aromatic N) is 1. The molecule has 0 aliphatic rings. The fraction of sp³-hybridized carbons (Fsp3) is 0.133. The van der Waals surface area contributed by atoms with E-state index in [1.54, 1.807) is 11.4 Å². The molecule has 0 saturated carbocycles. The van der Waals surface area contributed by atoms with Crippen LogP contribution in [0.3, 0.4) is 0 Å². The van der Waals surface area contributed by atoms with Crippen molar-refractivity contribution in [1.29, 1.82) is 5.26 Å². The first kappa shape index (κ1) is 17.9. The number of thioether (sulfide) groups is 1. The third-order valence-corrected chi connectivity index (χ3v) is 4.48. The van der Waals surface area contributed by atoms with Crippen molar-refractivity contribution in [2.75, 3.05) is 17.7 Å². The Morgan fingerprint density at radius 3 is 2.88 bits per heavy atom. The Balaban J connectivity index is 1.78. The molecular formula is C15H10F2N2O3S2. The van der Waals surface area contributed by atoms with E-state index < -0.39 is 30.1 Å². The lowest BCUT2D eigenvalue weighted by Gasteiger charge is -2.06. The summed E-state index contributed by atoms with van der Waals surface area (Å²) < 4.78 is 31.1. The Morgan fingerprint density at radius 1 is 1.33 bits per heavy atom. The molecule has 1 heterocycles. The lowest BCUT2D eigenvalue weighted by molar-refractivity contribution is -0.144. The van der Waals surface area contributed by atoms with Gasteiger partial charge in [-0.3, -0.25) is 9.59 Å². The van der Waals surface area contributed by atoms with Crippen LogP contribution in [0.15, 0.2) is 34.5 Å². The van der Waals surface area contributed by atoms with Crippen LogP contribution >= 0.6 is 23.1 Å². The molecule has 0 spiro atoms. The second kappa shape index (κ2) is 8.42. The van der Waals surface area contributed by atoms with Crippen LogP contribution < -0.4 is 5.32 Å². The number of ether oxygens (including phenoxy) is 1. The highest BCUT2D eigenvalue weighted by atomic mass is 32.2. The number of esters is 1. The van der Waals surface area contributed by atoms with E-state index in [1.165, 1.54) is 11.3 Å². The molecule has 0 aliphatic carbocycles. The number of nitrogens with one attached hydrogen (secondary N) is 1. The second-order valence-corrected chi connectivity index (χ2v) is 6.28. The van der Waals surface area contributed by atoms with Gasteiger partial charge in [-0.2, -0.15) is 5.26 Å². The van der Waals surface area contributed by atoms with Crippen LogP contribution in [0.5, 0.6) is 0 Å². The first-order chi connectivity index (χ1) is 11.5. The molecule has 24 heavy (non-hydrogen) atoms. The summed E-state index contributed by atoms with van der Waals surface area (Å²) in [6.07, 6.45) is 0. The fourth-order valence-corrected chi connectivity index (χ4v) is 3.08. The number of carbonyl (C=O) groups is 2. The smallest absolute Gasteiger partial charge is 0.316 e. The van der Waals surface area contributed by atoms with Gasteiger partial charge in [0, 0.05) is 4.90 Å². The third-order valence-electron chi connectivity index (χ3n) is 2.64. The number of hydrogen-bond acceptors (Lipinski definition) is 6. The van der Waals surface area contributed by atoms with Crippen molar-refractivity contribution in [2.24, 2.45) is 0 Å². The average molecular weight is 368 g/mol. The third kappa shape index (κ3) is 5.04. The van der Waals surface area contributed by atoms with Gasteiger partial charge in [-0.25, -0.2) is 8.78 Å². The highest BCUT2D eigenvalue weighted by Crippen LogP contribution is 2.23. The van der Waals surface area contributed by atoms with Crippen molar-refractivity contribution in [3.8, 4) is 6.07 Å². The molecule has 0 atom stereocenters. The van der Waals surface area contributed by atoms with Gasteiger partial charge in [-0.1, -0.05) is 0 Å². The minimum atomic E-state index is -0.745. The predicted molar refractivity (Wildman–Crippen MR) is 85.7 cm³/mol. The van der Waals surface area contributed by atoms with Crippen LogP contribution in [0.1, 0.15) is 5.56 Å². The van der Waals surface area contributed by atoms with Gasteiger partial charge < -0.3 is 10.1 Å². The second-order valence-electron chi connectivity index (χ2n) is 4.35. The normalized spacial score (nSPS) is 10.0. The summed E-state index contributed by atoms with van der Waals surface area (Å²) in [5, 5.41) is 13.3. The summed E-state index contributed by atoms with van der Waals surface area (Å²) in [4.78, 5) is 23.2. The van der Waals surface area contributed by atoms with Gasteiger partial charge in [0.2, 0.25) is 0 Å². The number of halogens is 2. The Morgan fingerprint density at radius 2 is 2.12 bits per heavy atom. The van der Waals surface area contributed by atoms with Crippen molar-refractivity contribution >= 4 is 40.0 Å². The summed E-state index contributed by atoms with van der Waals surface area (Å²) in [6.45, 7) is -0.534. The van der Waals surface area contributed by atoms with Crippen molar-refractivity contribution in [3.63, 3.8) is 0 Å². The van der Waals surface area contributed by atoms with Crippen molar-refractivity contribution in [1.82, 2.24) is 0 Å². The average Bonchev–Trinajstić information content (AvgIpc) is 3.00. The number of rotatable bonds is 6. The molecule has 0 aliphatic heterocycles. The molecule has 0 unspecified atom stereocenters. The minimum Gasteiger partial charge on any atom is -0.455 e. The zero-order chi connectivity index (χ0) is 17.5. The van der Waals surface area contributed by atoms with Crippen molar-refractivity contribution < 1.29 is 23.1 Å². The summed E-state index contributed by atoms with van der Waals surface area (Å²) >= 11 is 1.94. The fourth-order valence-electron chi connectivity index (χ4n) is 1.57. The van der Waals surface area contributed by atoms with E-state index >= 15 is 0 Å². The quantitative estimate of drug-likeness (QED) is 0.626. The van der Waals surface area contributed by atoms with Crippen LogP contribution in [0, 0.1) is 23.0 Å². The lowest BCUT2D eigenvalue weighted by atomic mass is 10.3. The minimum absolute atomic E-state index is 0.0198. The molecule has 2 aromatic rings. The molecule has 1 aromatic carbocycles. The molecule has 0 radical (unpaired) electrons. The summed E-state index contributed by atoms with van der Waals surface area (Å²) in [7, 11) is 0. The largest absolute Gasteiger partial charge is 0.455 e. The number of nitriles is 1. The zero-order valence-corrected chi connectivity index (χ0v) is 13.7.